The molecule has 0 fully saturated rings. The third kappa shape index (κ3) is 3.32. The number of ether oxygens (including phenoxy) is 2. The number of benzene rings is 1. The van der Waals surface area contributed by atoms with Gasteiger partial charge in [0.05, 0.1) is 17.9 Å². The van der Waals surface area contributed by atoms with Crippen molar-refractivity contribution >= 4 is 22.7 Å². The van der Waals surface area contributed by atoms with Crippen molar-refractivity contribution in [2.75, 3.05) is 6.61 Å². The molecular weight excluding hydrogens is 312 g/mol. The summed E-state index contributed by atoms with van der Waals surface area (Å²) in [7, 11) is 0. The molecule has 0 aliphatic heterocycles. The van der Waals surface area contributed by atoms with E-state index in [0.29, 0.717) is 22.3 Å². The molecule has 1 aromatic carbocycles. The summed E-state index contributed by atoms with van der Waals surface area (Å²) in [6, 6.07) is 8.22. The quantitative estimate of drug-likeness (QED) is 0.508. The number of rotatable bonds is 6. The highest BCUT2D eigenvalue weighted by Gasteiger charge is 2.18. The molecule has 2 aromatic heterocycles. The van der Waals surface area contributed by atoms with Crippen LogP contribution in [0, 0.1) is 0 Å². The molecule has 0 bridgehead atoms. The Morgan fingerprint density at radius 2 is 2.00 bits per heavy atom. The molecule has 2 heterocycles. The summed E-state index contributed by atoms with van der Waals surface area (Å²) in [5.41, 5.74) is 0.914. The third-order valence-electron chi connectivity index (χ3n) is 3.26. The van der Waals surface area contributed by atoms with Crippen LogP contribution in [0.3, 0.4) is 0 Å². The fourth-order valence-corrected chi connectivity index (χ4v) is 2.25. The number of carbonyl (C=O) groups excluding carboxylic acids is 2. The minimum absolute atomic E-state index is 0.199. The van der Waals surface area contributed by atoms with E-state index < -0.39 is 5.97 Å². The van der Waals surface area contributed by atoms with Crippen molar-refractivity contribution < 1.29 is 27.9 Å². The van der Waals surface area contributed by atoms with E-state index in [9.17, 15) is 9.59 Å². The van der Waals surface area contributed by atoms with Gasteiger partial charge in [0.25, 0.3) is 0 Å². The molecule has 0 atom stereocenters. The maximum absolute atomic E-state index is 12.4. The molecule has 6 nitrogen and oxygen atoms in total. The zero-order valence-electron chi connectivity index (χ0n) is 13.3. The second kappa shape index (κ2) is 6.62. The topological polar surface area (TPSA) is 78.9 Å². The molecule has 6 heteroatoms. The SMILES string of the molecule is CC(C)OC(=O)COc1ccc2occ(C(=O)c3ccco3)c2c1. The summed E-state index contributed by atoms with van der Waals surface area (Å²) in [5.74, 6) is -0.0677. The number of hydrogen-bond donors (Lipinski definition) is 0. The summed E-state index contributed by atoms with van der Waals surface area (Å²) in [6.45, 7) is 3.33. The Morgan fingerprint density at radius 1 is 1.17 bits per heavy atom. The van der Waals surface area contributed by atoms with Crippen molar-refractivity contribution in [2.45, 2.75) is 20.0 Å². The van der Waals surface area contributed by atoms with Gasteiger partial charge in [-0.15, -0.1) is 0 Å². The van der Waals surface area contributed by atoms with E-state index in [1.807, 2.05) is 0 Å². The lowest BCUT2D eigenvalue weighted by molar-refractivity contribution is -0.149. The van der Waals surface area contributed by atoms with E-state index in [4.69, 9.17) is 18.3 Å². The first-order valence-corrected chi connectivity index (χ1v) is 7.46. The first-order chi connectivity index (χ1) is 11.5. The Morgan fingerprint density at radius 3 is 2.71 bits per heavy atom. The Hall–Kier alpha value is -3.02. The Balaban J connectivity index is 1.81. The molecule has 124 valence electrons. The summed E-state index contributed by atoms with van der Waals surface area (Å²) in [5, 5.41) is 0.589. The van der Waals surface area contributed by atoms with Crippen LogP contribution in [0.25, 0.3) is 11.0 Å². The van der Waals surface area contributed by atoms with E-state index in [-0.39, 0.29) is 24.3 Å². The van der Waals surface area contributed by atoms with Crippen LogP contribution in [-0.2, 0) is 9.53 Å². The number of ketones is 1. The van der Waals surface area contributed by atoms with Crippen LogP contribution >= 0.6 is 0 Å². The Kier molecular flexibility index (Phi) is 4.37. The van der Waals surface area contributed by atoms with Gasteiger partial charge in [0, 0.05) is 5.39 Å². The van der Waals surface area contributed by atoms with Gasteiger partial charge in [0.1, 0.15) is 17.6 Å². The lowest BCUT2D eigenvalue weighted by atomic mass is 10.1. The van der Waals surface area contributed by atoms with Gasteiger partial charge < -0.3 is 18.3 Å². The minimum atomic E-state index is -0.454. The molecule has 3 rings (SSSR count). The van der Waals surface area contributed by atoms with Gasteiger partial charge >= 0.3 is 5.97 Å². The van der Waals surface area contributed by atoms with E-state index in [1.54, 1.807) is 44.2 Å². The normalized spacial score (nSPS) is 11.0. The maximum Gasteiger partial charge on any atom is 0.344 e. The van der Waals surface area contributed by atoms with Crippen molar-refractivity contribution in [3.05, 3.63) is 54.2 Å². The van der Waals surface area contributed by atoms with Gasteiger partial charge in [0.15, 0.2) is 12.4 Å². The van der Waals surface area contributed by atoms with Crippen molar-refractivity contribution in [1.29, 1.82) is 0 Å². The van der Waals surface area contributed by atoms with Gasteiger partial charge in [-0.1, -0.05) is 0 Å². The smallest absolute Gasteiger partial charge is 0.344 e. The number of hydrogen-bond acceptors (Lipinski definition) is 6. The molecule has 0 aliphatic carbocycles. The van der Waals surface area contributed by atoms with Gasteiger partial charge in [-0.25, -0.2) is 4.79 Å². The molecule has 0 amide bonds. The van der Waals surface area contributed by atoms with Crippen molar-refractivity contribution in [3.63, 3.8) is 0 Å². The molecule has 0 spiro atoms. The van der Waals surface area contributed by atoms with Crippen LogP contribution in [0.4, 0.5) is 0 Å². The zero-order valence-corrected chi connectivity index (χ0v) is 13.3. The third-order valence-corrected chi connectivity index (χ3v) is 3.26. The average Bonchev–Trinajstić information content (AvgIpc) is 3.21. The highest BCUT2D eigenvalue weighted by Crippen LogP contribution is 2.27. The molecule has 0 saturated carbocycles. The van der Waals surface area contributed by atoms with Crippen LogP contribution < -0.4 is 4.74 Å². The highest BCUT2D eigenvalue weighted by molar-refractivity contribution is 6.14. The molecule has 0 N–H and O–H groups in total. The second-order valence-corrected chi connectivity index (χ2v) is 5.44. The van der Waals surface area contributed by atoms with Crippen LogP contribution in [0.1, 0.15) is 30.0 Å². The van der Waals surface area contributed by atoms with Crippen LogP contribution in [0.2, 0.25) is 0 Å². The van der Waals surface area contributed by atoms with Crippen molar-refractivity contribution in [3.8, 4) is 5.75 Å². The summed E-state index contributed by atoms with van der Waals surface area (Å²) in [4.78, 5) is 24.0. The maximum atomic E-state index is 12.4. The van der Waals surface area contributed by atoms with E-state index in [2.05, 4.69) is 0 Å². The molecule has 24 heavy (non-hydrogen) atoms. The number of furan rings is 2. The molecule has 0 unspecified atom stereocenters. The number of esters is 1. The van der Waals surface area contributed by atoms with Gasteiger partial charge in [0.2, 0.25) is 5.78 Å². The monoisotopic (exact) mass is 328 g/mol. The van der Waals surface area contributed by atoms with Crippen LogP contribution in [0.5, 0.6) is 5.75 Å². The first kappa shape index (κ1) is 15.9. The fourth-order valence-electron chi connectivity index (χ4n) is 2.25. The first-order valence-electron chi connectivity index (χ1n) is 7.46. The molecular formula is C18H16O6. The van der Waals surface area contributed by atoms with Crippen LogP contribution in [-0.4, -0.2) is 24.5 Å². The molecule has 0 saturated heterocycles. The Bertz CT molecular complexity index is 857. The minimum Gasteiger partial charge on any atom is -0.482 e. The average molecular weight is 328 g/mol. The summed E-state index contributed by atoms with van der Waals surface area (Å²) >= 11 is 0. The molecule has 3 aromatic rings. The highest BCUT2D eigenvalue weighted by atomic mass is 16.6. The molecule has 0 radical (unpaired) electrons. The number of carbonyl (C=O) groups is 2. The fraction of sp³-hybridized carbons (Fsp3) is 0.222. The predicted molar refractivity (Wildman–Crippen MR) is 85.1 cm³/mol. The lowest BCUT2D eigenvalue weighted by Crippen LogP contribution is -2.18. The summed E-state index contributed by atoms with van der Waals surface area (Å²) in [6.07, 6.45) is 2.62. The number of fused-ring (bicyclic) bond motifs is 1. The van der Waals surface area contributed by atoms with Crippen molar-refractivity contribution in [2.24, 2.45) is 0 Å². The predicted octanol–water partition coefficient (Wildman–Crippen LogP) is 3.59. The second-order valence-electron chi connectivity index (χ2n) is 5.44. The van der Waals surface area contributed by atoms with E-state index in [1.165, 1.54) is 12.5 Å². The van der Waals surface area contributed by atoms with Gasteiger partial charge in [-0.05, 0) is 44.2 Å². The van der Waals surface area contributed by atoms with Crippen molar-refractivity contribution in [1.82, 2.24) is 0 Å². The summed E-state index contributed by atoms with van der Waals surface area (Å²) < 4.78 is 20.9. The standard InChI is InChI=1S/C18H16O6/c1-11(2)24-17(19)10-22-12-5-6-15-13(8-12)14(9-23-15)18(20)16-4-3-7-21-16/h3-9,11H,10H2,1-2H3. The largest absolute Gasteiger partial charge is 0.482 e. The Labute approximate surface area is 137 Å². The van der Waals surface area contributed by atoms with E-state index in [0.717, 1.165) is 0 Å². The molecule has 0 aliphatic rings. The lowest BCUT2D eigenvalue weighted by Gasteiger charge is -2.09. The van der Waals surface area contributed by atoms with Gasteiger partial charge in [-0.2, -0.15) is 0 Å². The van der Waals surface area contributed by atoms with Gasteiger partial charge in [-0.3, -0.25) is 4.79 Å². The van der Waals surface area contributed by atoms with Crippen LogP contribution in [0.15, 0.2) is 51.7 Å². The van der Waals surface area contributed by atoms with E-state index >= 15 is 0 Å². The zero-order chi connectivity index (χ0) is 17.1.